The molecular weight excluding hydrogens is 847 g/mol. The minimum Gasteiger partial charge on any atom is -0.381 e. The number of halogens is 1. The average Bonchev–Trinajstić information content (AvgIpc) is 3.91. The lowest BCUT2D eigenvalue weighted by Crippen LogP contribution is -2.59. The third-order valence-corrected chi connectivity index (χ3v) is 13.3. The van der Waals surface area contributed by atoms with E-state index in [4.69, 9.17) is 16.2 Å². The lowest BCUT2D eigenvalue weighted by molar-refractivity contribution is -0.125. The summed E-state index contributed by atoms with van der Waals surface area (Å²) in [4.78, 5) is 62.0. The standard InChI is InChI=1S/C22H30N6O3S.C17H20BrN5O2S/c1-24-22(20(23)30)8-10-28(11-9-22)18-5-3-2-4-16(18)26-19(29)17-14-32-21(27-17)25-15-6-12-31-13-7-15;1-20-17(15(19)25)6-8-23(9-7-17)13-5-3-2-4-11(13)21-14(24)12-10-26-16(18)22-12/h2-5,14-15,24H,6-13H2,1H3,(H2,23,30)(H,25,27)(H,26,29);2-5,10,20H,6-9H2,1H3,(H2,19,25)(H,21,24). The Hall–Kier alpha value is -4.66. The number of aromatic nitrogens is 2. The van der Waals surface area contributed by atoms with E-state index in [-0.39, 0.29) is 23.6 Å². The fourth-order valence-corrected chi connectivity index (χ4v) is 9.16. The first kappa shape index (κ1) is 42.9. The molecule has 3 fully saturated rings. The first-order chi connectivity index (χ1) is 28.0. The monoisotopic (exact) mass is 895 g/mol. The number of carbonyl (C=O) groups is 4. The summed E-state index contributed by atoms with van der Waals surface area (Å²) in [5.41, 5.74) is 13.9. The lowest BCUT2D eigenvalue weighted by atomic mass is 9.86. The summed E-state index contributed by atoms with van der Waals surface area (Å²) in [5, 5.41) is 19.7. The molecule has 2 aromatic heterocycles. The van der Waals surface area contributed by atoms with Gasteiger partial charge in [0.15, 0.2) is 9.05 Å². The summed E-state index contributed by atoms with van der Waals surface area (Å²) in [6.45, 7) is 4.15. The number of hydrogen-bond acceptors (Lipinski definition) is 14. The molecule has 0 bridgehead atoms. The zero-order valence-electron chi connectivity index (χ0n) is 32.5. The fraction of sp³-hybridized carbons (Fsp3) is 0.436. The Labute approximate surface area is 354 Å². The van der Waals surface area contributed by atoms with Crippen LogP contribution in [0.1, 0.15) is 59.5 Å². The third kappa shape index (κ3) is 10.1. The Morgan fingerprint density at radius 1 is 0.724 bits per heavy atom. The van der Waals surface area contributed by atoms with Crippen molar-refractivity contribution in [3.05, 3.63) is 74.6 Å². The van der Waals surface area contributed by atoms with Gasteiger partial charge in [-0.2, -0.15) is 0 Å². The summed E-state index contributed by atoms with van der Waals surface area (Å²) in [6.07, 6.45) is 4.31. The number of piperidine rings is 2. The minimum atomic E-state index is -0.677. The Morgan fingerprint density at radius 2 is 1.17 bits per heavy atom. The van der Waals surface area contributed by atoms with Crippen LogP contribution in [0, 0.1) is 0 Å². The molecule has 9 N–H and O–H groups in total. The third-order valence-electron chi connectivity index (χ3n) is 11.1. The van der Waals surface area contributed by atoms with Gasteiger partial charge in [0.2, 0.25) is 11.8 Å². The van der Waals surface area contributed by atoms with E-state index < -0.39 is 11.1 Å². The molecule has 3 saturated heterocycles. The molecule has 0 atom stereocenters. The van der Waals surface area contributed by atoms with E-state index in [1.807, 2.05) is 48.5 Å². The van der Waals surface area contributed by atoms with Gasteiger partial charge in [-0.15, -0.1) is 22.7 Å². The maximum atomic E-state index is 12.9. The van der Waals surface area contributed by atoms with E-state index in [0.29, 0.717) is 73.2 Å². The number of primary amides is 2. The number of ether oxygens (including phenoxy) is 1. The van der Waals surface area contributed by atoms with E-state index in [0.717, 1.165) is 53.9 Å². The first-order valence-electron chi connectivity index (χ1n) is 19.1. The Bertz CT molecular complexity index is 2060. The van der Waals surface area contributed by atoms with Gasteiger partial charge in [-0.05, 0) is 92.8 Å². The highest BCUT2D eigenvalue weighted by Crippen LogP contribution is 2.33. The van der Waals surface area contributed by atoms with Crippen molar-refractivity contribution in [2.45, 2.75) is 55.6 Å². The number of anilines is 5. The molecule has 19 heteroatoms. The number of para-hydroxylation sites is 4. The van der Waals surface area contributed by atoms with Crippen molar-refractivity contribution in [2.24, 2.45) is 11.5 Å². The molecule has 5 heterocycles. The van der Waals surface area contributed by atoms with Crippen LogP contribution in [0.4, 0.5) is 27.9 Å². The summed E-state index contributed by atoms with van der Waals surface area (Å²) >= 11 is 6.07. The molecular formula is C39H50BrN11O5S2. The Balaban J connectivity index is 0.000000200. The van der Waals surface area contributed by atoms with Crippen LogP contribution >= 0.6 is 38.6 Å². The number of benzene rings is 2. The van der Waals surface area contributed by atoms with Crippen LogP contribution in [0.5, 0.6) is 0 Å². The van der Waals surface area contributed by atoms with Gasteiger partial charge in [0, 0.05) is 56.2 Å². The van der Waals surface area contributed by atoms with Crippen molar-refractivity contribution in [3.63, 3.8) is 0 Å². The van der Waals surface area contributed by atoms with Gasteiger partial charge in [-0.25, -0.2) is 9.97 Å². The van der Waals surface area contributed by atoms with E-state index in [2.05, 4.69) is 62.3 Å². The number of rotatable bonds is 12. The molecule has 3 aliphatic rings. The second-order valence-electron chi connectivity index (χ2n) is 14.4. The number of amides is 4. The van der Waals surface area contributed by atoms with E-state index in [1.165, 1.54) is 22.7 Å². The zero-order valence-corrected chi connectivity index (χ0v) is 35.7. The maximum absolute atomic E-state index is 12.9. The molecule has 0 radical (unpaired) electrons. The summed E-state index contributed by atoms with van der Waals surface area (Å²) in [5.74, 6) is -1.14. The van der Waals surface area contributed by atoms with Crippen molar-refractivity contribution in [3.8, 4) is 0 Å². The predicted octanol–water partition coefficient (Wildman–Crippen LogP) is 4.23. The number of likely N-dealkylation sites (N-methyl/N-ethyl adjacent to an activating group) is 2. The highest BCUT2D eigenvalue weighted by atomic mass is 79.9. The molecule has 3 aliphatic heterocycles. The molecule has 4 amide bonds. The lowest BCUT2D eigenvalue weighted by Gasteiger charge is -2.41. The van der Waals surface area contributed by atoms with Gasteiger partial charge in [0.1, 0.15) is 22.5 Å². The number of thiazole rings is 2. The SMILES string of the molecule is CNC1(C(N)=O)CCN(c2ccccc2NC(=O)c2csc(Br)n2)CC1.CNC1(C(N)=O)CCN(c2ccccc2NC(=O)c2csc(NC3CCOCC3)n2)CC1. The molecule has 2 aromatic carbocycles. The fourth-order valence-electron chi connectivity index (χ4n) is 7.40. The first-order valence-corrected chi connectivity index (χ1v) is 21.7. The summed E-state index contributed by atoms with van der Waals surface area (Å²) in [6, 6.07) is 15.7. The topological polar surface area (TPSA) is 222 Å². The van der Waals surface area contributed by atoms with Gasteiger partial charge in [0.05, 0.1) is 22.7 Å². The summed E-state index contributed by atoms with van der Waals surface area (Å²) < 4.78 is 6.05. The van der Waals surface area contributed by atoms with Gasteiger partial charge >= 0.3 is 0 Å². The molecule has 0 unspecified atom stereocenters. The van der Waals surface area contributed by atoms with Gasteiger partial charge in [0.25, 0.3) is 11.8 Å². The highest BCUT2D eigenvalue weighted by molar-refractivity contribution is 9.11. The quantitative estimate of drug-likeness (QED) is 0.106. The number of nitrogens with two attached hydrogens (primary N) is 2. The van der Waals surface area contributed by atoms with Gasteiger partial charge < -0.3 is 52.6 Å². The van der Waals surface area contributed by atoms with Crippen molar-refractivity contribution in [1.29, 1.82) is 0 Å². The second kappa shape index (κ2) is 19.4. The second-order valence-corrected chi connectivity index (χ2v) is 17.4. The van der Waals surface area contributed by atoms with E-state index in [1.54, 1.807) is 24.9 Å². The van der Waals surface area contributed by atoms with Crippen LogP contribution in [0.15, 0.2) is 63.2 Å². The number of carbonyl (C=O) groups excluding carboxylic acids is 4. The van der Waals surface area contributed by atoms with Crippen LogP contribution in [-0.4, -0.2) is 104 Å². The predicted molar refractivity (Wildman–Crippen MR) is 233 cm³/mol. The largest absolute Gasteiger partial charge is 0.381 e. The van der Waals surface area contributed by atoms with Crippen LogP contribution in [0.25, 0.3) is 0 Å². The van der Waals surface area contributed by atoms with E-state index >= 15 is 0 Å². The minimum absolute atomic E-state index is 0.243. The van der Waals surface area contributed by atoms with Crippen molar-refractivity contribution < 1.29 is 23.9 Å². The van der Waals surface area contributed by atoms with Crippen molar-refractivity contribution in [2.75, 3.05) is 79.2 Å². The highest BCUT2D eigenvalue weighted by Gasteiger charge is 2.40. The maximum Gasteiger partial charge on any atom is 0.275 e. The molecule has 4 aromatic rings. The zero-order chi connectivity index (χ0) is 41.3. The van der Waals surface area contributed by atoms with Crippen LogP contribution in [0.3, 0.4) is 0 Å². The van der Waals surface area contributed by atoms with Gasteiger partial charge in [-0.3, -0.25) is 19.2 Å². The molecule has 310 valence electrons. The Morgan fingerprint density at radius 3 is 1.60 bits per heavy atom. The molecule has 0 aliphatic carbocycles. The molecule has 0 saturated carbocycles. The van der Waals surface area contributed by atoms with Crippen molar-refractivity contribution >= 4 is 90.1 Å². The number of nitrogens with zero attached hydrogens (tertiary/aromatic N) is 4. The average molecular weight is 897 g/mol. The van der Waals surface area contributed by atoms with Crippen LogP contribution < -0.4 is 47.9 Å². The van der Waals surface area contributed by atoms with Crippen LogP contribution in [-0.2, 0) is 14.3 Å². The van der Waals surface area contributed by atoms with Crippen LogP contribution in [0.2, 0.25) is 0 Å². The number of hydrogen-bond donors (Lipinski definition) is 7. The molecule has 0 spiro atoms. The van der Waals surface area contributed by atoms with E-state index in [9.17, 15) is 19.2 Å². The Kier molecular flexibility index (Phi) is 14.4. The molecule has 7 rings (SSSR count). The smallest absolute Gasteiger partial charge is 0.275 e. The molecule has 16 nitrogen and oxygen atoms in total. The normalized spacial score (nSPS) is 17.7. The molecule has 58 heavy (non-hydrogen) atoms. The van der Waals surface area contributed by atoms with Gasteiger partial charge in [-0.1, -0.05) is 24.3 Å². The van der Waals surface area contributed by atoms with Crippen molar-refractivity contribution in [1.82, 2.24) is 20.6 Å². The summed E-state index contributed by atoms with van der Waals surface area (Å²) in [7, 11) is 3.54. The number of nitrogens with one attached hydrogen (secondary N) is 5.